The van der Waals surface area contributed by atoms with E-state index in [1.807, 2.05) is 6.92 Å². The molecule has 1 aliphatic rings. The zero-order chi connectivity index (χ0) is 14.6. The third-order valence-electron chi connectivity index (χ3n) is 3.33. The molecule has 0 bridgehead atoms. The van der Waals surface area contributed by atoms with Crippen LogP contribution in [0.15, 0.2) is 18.2 Å². The van der Waals surface area contributed by atoms with Gasteiger partial charge in [-0.05, 0) is 38.0 Å². The largest absolute Gasteiger partial charge is 0.492 e. The van der Waals surface area contributed by atoms with Crippen LogP contribution in [0.4, 0.5) is 5.69 Å². The highest BCUT2D eigenvalue weighted by atomic mass is 35.5. The van der Waals surface area contributed by atoms with Gasteiger partial charge in [-0.25, -0.2) is 0 Å². The molecule has 1 fully saturated rings. The minimum atomic E-state index is -0.872. The van der Waals surface area contributed by atoms with Crippen molar-refractivity contribution in [3.8, 4) is 5.75 Å². The van der Waals surface area contributed by atoms with Crippen LogP contribution in [-0.4, -0.2) is 31.3 Å². The van der Waals surface area contributed by atoms with Gasteiger partial charge in [-0.2, -0.15) is 0 Å². The molecule has 1 amide bonds. The first-order valence-electron chi connectivity index (χ1n) is 6.65. The molecule has 20 heavy (non-hydrogen) atoms. The zero-order valence-corrected chi connectivity index (χ0v) is 12.2. The van der Waals surface area contributed by atoms with Crippen molar-refractivity contribution in [2.45, 2.75) is 25.3 Å². The summed E-state index contributed by atoms with van der Waals surface area (Å²) in [6, 6.07) is 5.14. The second-order valence-corrected chi connectivity index (χ2v) is 5.21. The molecule has 0 aliphatic carbocycles. The number of ether oxygens (including phenoxy) is 2. The molecule has 0 radical (unpaired) electrons. The van der Waals surface area contributed by atoms with E-state index in [1.54, 1.807) is 18.2 Å². The highest BCUT2D eigenvalue weighted by molar-refractivity contribution is 6.32. The first-order valence-corrected chi connectivity index (χ1v) is 7.03. The Balaban J connectivity index is 2.06. The molecule has 3 N–H and O–H groups in total. The number of carbonyl (C=O) groups excluding carboxylic acids is 1. The second kappa shape index (κ2) is 6.43. The number of benzene rings is 1. The van der Waals surface area contributed by atoms with Gasteiger partial charge < -0.3 is 20.5 Å². The molecule has 1 aromatic rings. The van der Waals surface area contributed by atoms with E-state index in [9.17, 15) is 4.79 Å². The minimum Gasteiger partial charge on any atom is -0.492 e. The summed E-state index contributed by atoms with van der Waals surface area (Å²) in [4.78, 5) is 12.2. The second-order valence-electron chi connectivity index (χ2n) is 4.80. The molecule has 5 nitrogen and oxygen atoms in total. The minimum absolute atomic E-state index is 0.207. The van der Waals surface area contributed by atoms with Gasteiger partial charge in [0.2, 0.25) is 5.91 Å². The summed E-state index contributed by atoms with van der Waals surface area (Å²) in [5.41, 5.74) is 5.86. The number of nitrogens with one attached hydrogen (secondary N) is 1. The van der Waals surface area contributed by atoms with Gasteiger partial charge in [-0.3, -0.25) is 4.79 Å². The van der Waals surface area contributed by atoms with Crippen LogP contribution in [0.1, 0.15) is 19.8 Å². The van der Waals surface area contributed by atoms with E-state index in [0.717, 1.165) is 0 Å². The lowest BCUT2D eigenvalue weighted by molar-refractivity contribution is -0.124. The lowest BCUT2D eigenvalue weighted by atomic mass is 9.90. The molecule has 110 valence electrons. The van der Waals surface area contributed by atoms with Crippen molar-refractivity contribution in [3.63, 3.8) is 0 Å². The fraction of sp³-hybridized carbons (Fsp3) is 0.500. The van der Waals surface area contributed by atoms with Crippen molar-refractivity contribution in [3.05, 3.63) is 23.2 Å². The SMILES string of the molecule is CCOc1ccc(NC(=O)C2(N)CCOCC2)cc1Cl. The van der Waals surface area contributed by atoms with Crippen LogP contribution in [0.2, 0.25) is 5.02 Å². The van der Waals surface area contributed by atoms with Gasteiger partial charge in [0, 0.05) is 18.9 Å². The van der Waals surface area contributed by atoms with Crippen molar-refractivity contribution in [2.24, 2.45) is 5.73 Å². The van der Waals surface area contributed by atoms with Gasteiger partial charge >= 0.3 is 0 Å². The summed E-state index contributed by atoms with van der Waals surface area (Å²) in [7, 11) is 0. The van der Waals surface area contributed by atoms with Crippen molar-refractivity contribution in [1.29, 1.82) is 0 Å². The van der Waals surface area contributed by atoms with E-state index in [1.165, 1.54) is 0 Å². The van der Waals surface area contributed by atoms with Gasteiger partial charge in [0.25, 0.3) is 0 Å². The third kappa shape index (κ3) is 3.42. The predicted octanol–water partition coefficient (Wildman–Crippen LogP) is 2.19. The molecule has 2 rings (SSSR count). The first kappa shape index (κ1) is 15.1. The van der Waals surface area contributed by atoms with E-state index in [2.05, 4.69) is 5.32 Å². The molecular weight excluding hydrogens is 280 g/mol. The molecule has 0 unspecified atom stereocenters. The van der Waals surface area contributed by atoms with Crippen LogP contribution < -0.4 is 15.8 Å². The van der Waals surface area contributed by atoms with Gasteiger partial charge in [-0.1, -0.05) is 11.6 Å². The molecule has 0 aromatic heterocycles. The van der Waals surface area contributed by atoms with E-state index in [4.69, 9.17) is 26.8 Å². The Hall–Kier alpha value is -1.30. The Morgan fingerprint density at radius 1 is 1.50 bits per heavy atom. The van der Waals surface area contributed by atoms with Gasteiger partial charge in [-0.15, -0.1) is 0 Å². The summed E-state index contributed by atoms with van der Waals surface area (Å²) in [6.07, 6.45) is 1.03. The summed E-state index contributed by atoms with van der Waals surface area (Å²) in [5, 5.41) is 3.26. The summed E-state index contributed by atoms with van der Waals surface area (Å²) in [6.45, 7) is 3.44. The molecule has 6 heteroatoms. The number of anilines is 1. The third-order valence-corrected chi connectivity index (χ3v) is 3.62. The quantitative estimate of drug-likeness (QED) is 0.893. The van der Waals surface area contributed by atoms with Crippen LogP contribution in [0.5, 0.6) is 5.75 Å². The Kier molecular flexibility index (Phi) is 4.86. The van der Waals surface area contributed by atoms with Gasteiger partial charge in [0.05, 0.1) is 11.6 Å². The molecule has 1 aromatic carbocycles. The molecule has 0 atom stereocenters. The number of hydrogen-bond donors (Lipinski definition) is 2. The molecule has 0 spiro atoms. The fourth-order valence-electron chi connectivity index (χ4n) is 2.07. The van der Waals surface area contributed by atoms with E-state index < -0.39 is 5.54 Å². The molecule has 1 aliphatic heterocycles. The van der Waals surface area contributed by atoms with Crippen molar-refractivity contribution >= 4 is 23.2 Å². The average Bonchev–Trinajstić information content (AvgIpc) is 2.43. The van der Waals surface area contributed by atoms with Gasteiger partial charge in [0.15, 0.2) is 0 Å². The van der Waals surface area contributed by atoms with E-state index in [-0.39, 0.29) is 5.91 Å². The Morgan fingerprint density at radius 3 is 2.80 bits per heavy atom. The lowest BCUT2D eigenvalue weighted by Gasteiger charge is -2.31. The summed E-state index contributed by atoms with van der Waals surface area (Å²) < 4.78 is 10.6. The highest BCUT2D eigenvalue weighted by Gasteiger charge is 2.35. The molecule has 1 heterocycles. The predicted molar refractivity (Wildman–Crippen MR) is 78.2 cm³/mol. The number of rotatable bonds is 4. The van der Waals surface area contributed by atoms with E-state index in [0.29, 0.717) is 49.1 Å². The number of hydrogen-bond acceptors (Lipinski definition) is 4. The maximum Gasteiger partial charge on any atom is 0.244 e. The Bertz CT molecular complexity index is 487. The van der Waals surface area contributed by atoms with Crippen molar-refractivity contribution < 1.29 is 14.3 Å². The number of amides is 1. The average molecular weight is 299 g/mol. The standard InChI is InChI=1S/C14H19ClN2O3/c1-2-20-12-4-3-10(9-11(12)15)17-13(18)14(16)5-7-19-8-6-14/h3-4,9H,2,5-8,16H2,1H3,(H,17,18). The Labute approximate surface area is 123 Å². The van der Waals surface area contributed by atoms with Crippen LogP contribution >= 0.6 is 11.6 Å². The van der Waals surface area contributed by atoms with Crippen molar-refractivity contribution in [2.75, 3.05) is 25.1 Å². The molecule has 0 saturated carbocycles. The van der Waals surface area contributed by atoms with Crippen LogP contribution in [0, 0.1) is 0 Å². The van der Waals surface area contributed by atoms with Crippen LogP contribution in [0.25, 0.3) is 0 Å². The highest BCUT2D eigenvalue weighted by Crippen LogP contribution is 2.28. The maximum atomic E-state index is 12.2. The topological polar surface area (TPSA) is 73.6 Å². The molecular formula is C14H19ClN2O3. The first-order chi connectivity index (χ1) is 9.55. The smallest absolute Gasteiger partial charge is 0.244 e. The zero-order valence-electron chi connectivity index (χ0n) is 11.4. The monoisotopic (exact) mass is 298 g/mol. The van der Waals surface area contributed by atoms with E-state index >= 15 is 0 Å². The maximum absolute atomic E-state index is 12.2. The lowest BCUT2D eigenvalue weighted by Crippen LogP contribution is -2.54. The van der Waals surface area contributed by atoms with Crippen molar-refractivity contribution in [1.82, 2.24) is 0 Å². The fourth-order valence-corrected chi connectivity index (χ4v) is 2.30. The molecule has 1 saturated heterocycles. The number of halogens is 1. The van der Waals surface area contributed by atoms with Crippen LogP contribution in [-0.2, 0) is 9.53 Å². The Morgan fingerprint density at radius 2 is 2.20 bits per heavy atom. The normalized spacial score (nSPS) is 17.6. The van der Waals surface area contributed by atoms with Crippen LogP contribution in [0.3, 0.4) is 0 Å². The summed E-state index contributed by atoms with van der Waals surface area (Å²) >= 11 is 6.08. The number of carbonyl (C=O) groups is 1. The number of nitrogens with two attached hydrogens (primary N) is 1. The van der Waals surface area contributed by atoms with Gasteiger partial charge in [0.1, 0.15) is 11.3 Å². The summed E-state index contributed by atoms with van der Waals surface area (Å²) in [5.74, 6) is 0.390.